The number of nitrogen functional groups attached to an aromatic ring is 1. The minimum absolute atomic E-state index is 0.568. The standard InChI is InChI=1S/C15H18N2/c1-3-11-5-6-12(4-2)14(9-11)13-7-8-15(16)17-10-13/h5-10H,3-4H2,1-2H3,(H2,16,17). The molecular formula is C15H18N2. The molecule has 0 radical (unpaired) electrons. The fourth-order valence-electron chi connectivity index (χ4n) is 1.99. The van der Waals surface area contributed by atoms with Gasteiger partial charge in [0.2, 0.25) is 0 Å². The predicted octanol–water partition coefficient (Wildman–Crippen LogP) is 3.46. The second-order valence-corrected chi connectivity index (χ2v) is 4.17. The van der Waals surface area contributed by atoms with E-state index in [1.165, 1.54) is 16.7 Å². The molecule has 0 spiro atoms. The fraction of sp³-hybridized carbons (Fsp3) is 0.267. The number of nitrogens with zero attached hydrogens (tertiary/aromatic N) is 1. The highest BCUT2D eigenvalue weighted by Crippen LogP contribution is 2.25. The summed E-state index contributed by atoms with van der Waals surface area (Å²) in [5.74, 6) is 0.568. The summed E-state index contributed by atoms with van der Waals surface area (Å²) in [6.07, 6.45) is 3.94. The van der Waals surface area contributed by atoms with E-state index in [9.17, 15) is 0 Å². The molecule has 2 N–H and O–H groups in total. The van der Waals surface area contributed by atoms with E-state index in [1.54, 1.807) is 0 Å². The number of rotatable bonds is 3. The molecular weight excluding hydrogens is 208 g/mol. The number of hydrogen-bond acceptors (Lipinski definition) is 2. The summed E-state index contributed by atoms with van der Waals surface area (Å²) in [4.78, 5) is 4.16. The van der Waals surface area contributed by atoms with Crippen molar-refractivity contribution in [1.29, 1.82) is 0 Å². The van der Waals surface area contributed by atoms with Crippen molar-refractivity contribution in [1.82, 2.24) is 4.98 Å². The molecule has 0 unspecified atom stereocenters. The highest BCUT2D eigenvalue weighted by atomic mass is 14.8. The van der Waals surface area contributed by atoms with Crippen LogP contribution in [0.5, 0.6) is 0 Å². The van der Waals surface area contributed by atoms with Crippen molar-refractivity contribution in [2.24, 2.45) is 0 Å². The largest absolute Gasteiger partial charge is 0.384 e. The average Bonchev–Trinajstić information content (AvgIpc) is 2.39. The van der Waals surface area contributed by atoms with Crippen LogP contribution in [0.4, 0.5) is 5.82 Å². The minimum Gasteiger partial charge on any atom is -0.384 e. The lowest BCUT2D eigenvalue weighted by molar-refractivity contribution is 1.10. The van der Waals surface area contributed by atoms with Gasteiger partial charge in [0.1, 0.15) is 5.82 Å². The van der Waals surface area contributed by atoms with Crippen molar-refractivity contribution in [2.45, 2.75) is 26.7 Å². The molecule has 0 bridgehead atoms. The second-order valence-electron chi connectivity index (χ2n) is 4.17. The van der Waals surface area contributed by atoms with Gasteiger partial charge in [-0.05, 0) is 41.7 Å². The van der Waals surface area contributed by atoms with Crippen LogP contribution in [-0.4, -0.2) is 4.98 Å². The normalized spacial score (nSPS) is 10.5. The molecule has 1 aromatic carbocycles. The molecule has 2 heteroatoms. The van der Waals surface area contributed by atoms with Gasteiger partial charge in [-0.25, -0.2) is 4.98 Å². The summed E-state index contributed by atoms with van der Waals surface area (Å²) < 4.78 is 0. The van der Waals surface area contributed by atoms with Crippen LogP contribution >= 0.6 is 0 Å². The van der Waals surface area contributed by atoms with Gasteiger partial charge >= 0.3 is 0 Å². The number of aryl methyl sites for hydroxylation is 2. The summed E-state index contributed by atoms with van der Waals surface area (Å²) in [6, 6.07) is 10.6. The molecule has 0 aliphatic carbocycles. The van der Waals surface area contributed by atoms with Crippen molar-refractivity contribution in [3.8, 4) is 11.1 Å². The Morgan fingerprint density at radius 3 is 2.47 bits per heavy atom. The third kappa shape index (κ3) is 2.47. The maximum Gasteiger partial charge on any atom is 0.123 e. The monoisotopic (exact) mass is 226 g/mol. The van der Waals surface area contributed by atoms with Crippen LogP contribution in [0.1, 0.15) is 25.0 Å². The smallest absolute Gasteiger partial charge is 0.123 e. The van der Waals surface area contributed by atoms with Crippen LogP contribution in [0, 0.1) is 0 Å². The number of hydrogen-bond donors (Lipinski definition) is 1. The Kier molecular flexibility index (Phi) is 3.43. The fourth-order valence-corrected chi connectivity index (χ4v) is 1.99. The van der Waals surface area contributed by atoms with Crippen LogP contribution < -0.4 is 5.73 Å². The predicted molar refractivity (Wildman–Crippen MR) is 72.8 cm³/mol. The SMILES string of the molecule is CCc1ccc(CC)c(-c2ccc(N)nc2)c1. The van der Waals surface area contributed by atoms with Gasteiger partial charge in [0.05, 0.1) is 0 Å². The van der Waals surface area contributed by atoms with Crippen LogP contribution in [0.25, 0.3) is 11.1 Å². The molecule has 0 atom stereocenters. The maximum atomic E-state index is 5.62. The van der Waals surface area contributed by atoms with Crippen LogP contribution in [0.3, 0.4) is 0 Å². The zero-order valence-electron chi connectivity index (χ0n) is 10.4. The first-order valence-electron chi connectivity index (χ1n) is 6.08. The summed E-state index contributed by atoms with van der Waals surface area (Å²) in [5, 5.41) is 0. The van der Waals surface area contributed by atoms with Gasteiger partial charge in [-0.2, -0.15) is 0 Å². The van der Waals surface area contributed by atoms with E-state index < -0.39 is 0 Å². The van der Waals surface area contributed by atoms with E-state index in [0.717, 1.165) is 18.4 Å². The quantitative estimate of drug-likeness (QED) is 0.870. The number of aromatic nitrogens is 1. The Morgan fingerprint density at radius 2 is 1.88 bits per heavy atom. The maximum absolute atomic E-state index is 5.62. The Morgan fingerprint density at radius 1 is 1.06 bits per heavy atom. The third-order valence-corrected chi connectivity index (χ3v) is 3.06. The minimum atomic E-state index is 0.568. The first-order chi connectivity index (χ1) is 8.24. The van der Waals surface area contributed by atoms with Gasteiger partial charge in [0, 0.05) is 11.8 Å². The molecule has 2 aromatic rings. The van der Waals surface area contributed by atoms with Gasteiger partial charge in [-0.3, -0.25) is 0 Å². The molecule has 0 fully saturated rings. The molecule has 0 saturated carbocycles. The van der Waals surface area contributed by atoms with E-state index in [0.29, 0.717) is 5.82 Å². The zero-order chi connectivity index (χ0) is 12.3. The van der Waals surface area contributed by atoms with Crippen LogP contribution in [-0.2, 0) is 12.8 Å². The molecule has 17 heavy (non-hydrogen) atoms. The lowest BCUT2D eigenvalue weighted by Gasteiger charge is -2.10. The van der Waals surface area contributed by atoms with E-state index in [-0.39, 0.29) is 0 Å². The molecule has 1 heterocycles. The Hall–Kier alpha value is -1.83. The van der Waals surface area contributed by atoms with Gasteiger partial charge in [-0.1, -0.05) is 32.0 Å². The lowest BCUT2D eigenvalue weighted by atomic mass is 9.96. The second kappa shape index (κ2) is 5.00. The summed E-state index contributed by atoms with van der Waals surface area (Å²) in [6.45, 7) is 4.35. The summed E-state index contributed by atoms with van der Waals surface area (Å²) in [7, 11) is 0. The first kappa shape index (κ1) is 11.6. The van der Waals surface area contributed by atoms with Crippen molar-refractivity contribution in [3.63, 3.8) is 0 Å². The Labute approximate surface area is 103 Å². The topological polar surface area (TPSA) is 38.9 Å². The molecule has 0 aliphatic rings. The van der Waals surface area contributed by atoms with Gasteiger partial charge in [-0.15, -0.1) is 0 Å². The van der Waals surface area contributed by atoms with Crippen molar-refractivity contribution >= 4 is 5.82 Å². The Bertz CT molecular complexity index is 501. The van der Waals surface area contributed by atoms with E-state index in [4.69, 9.17) is 5.73 Å². The highest BCUT2D eigenvalue weighted by Gasteiger charge is 2.05. The molecule has 2 rings (SSSR count). The van der Waals surface area contributed by atoms with Crippen molar-refractivity contribution < 1.29 is 0 Å². The zero-order valence-corrected chi connectivity index (χ0v) is 10.4. The van der Waals surface area contributed by atoms with Crippen molar-refractivity contribution in [3.05, 3.63) is 47.7 Å². The molecule has 0 aliphatic heterocycles. The van der Waals surface area contributed by atoms with Gasteiger partial charge in [0.25, 0.3) is 0 Å². The van der Waals surface area contributed by atoms with E-state index >= 15 is 0 Å². The number of anilines is 1. The van der Waals surface area contributed by atoms with E-state index in [2.05, 4.69) is 37.0 Å². The van der Waals surface area contributed by atoms with Gasteiger partial charge in [0.15, 0.2) is 0 Å². The molecule has 88 valence electrons. The van der Waals surface area contributed by atoms with E-state index in [1.807, 2.05) is 18.3 Å². The van der Waals surface area contributed by atoms with Gasteiger partial charge < -0.3 is 5.73 Å². The summed E-state index contributed by atoms with van der Waals surface area (Å²) in [5.41, 5.74) is 10.8. The lowest BCUT2D eigenvalue weighted by Crippen LogP contribution is -1.93. The summed E-state index contributed by atoms with van der Waals surface area (Å²) >= 11 is 0. The third-order valence-electron chi connectivity index (χ3n) is 3.06. The van der Waals surface area contributed by atoms with Crippen LogP contribution in [0.2, 0.25) is 0 Å². The molecule has 2 nitrogen and oxygen atoms in total. The first-order valence-corrected chi connectivity index (χ1v) is 6.08. The molecule has 0 amide bonds. The number of pyridine rings is 1. The highest BCUT2D eigenvalue weighted by molar-refractivity contribution is 5.68. The van der Waals surface area contributed by atoms with Crippen LogP contribution in [0.15, 0.2) is 36.5 Å². The molecule has 0 saturated heterocycles. The average molecular weight is 226 g/mol. The molecule has 1 aromatic heterocycles. The Balaban J connectivity index is 2.51. The number of benzene rings is 1. The number of nitrogens with two attached hydrogens (primary N) is 1. The van der Waals surface area contributed by atoms with Crippen molar-refractivity contribution in [2.75, 3.05) is 5.73 Å².